The van der Waals surface area contributed by atoms with Crippen LogP contribution < -0.4 is 10.1 Å². The fourth-order valence-electron chi connectivity index (χ4n) is 1.18. The highest BCUT2D eigenvalue weighted by molar-refractivity contribution is 5.35. The highest BCUT2D eigenvalue weighted by Gasteiger charge is 2.06. The molecule has 1 aromatic rings. The van der Waals surface area contributed by atoms with E-state index in [0.29, 0.717) is 6.04 Å². The van der Waals surface area contributed by atoms with E-state index in [4.69, 9.17) is 4.74 Å². The molecule has 0 amide bonds. The third-order valence-electron chi connectivity index (χ3n) is 2.04. The summed E-state index contributed by atoms with van der Waals surface area (Å²) in [4.78, 5) is 0. The number of nitrogens with one attached hydrogen (secondary N) is 1. The Morgan fingerprint density at radius 3 is 2.58 bits per heavy atom. The summed E-state index contributed by atoms with van der Waals surface area (Å²) in [5.74, 6) is 0.944. The summed E-state index contributed by atoms with van der Waals surface area (Å²) in [7, 11) is 3.64. The van der Waals surface area contributed by atoms with Crippen LogP contribution in [0.15, 0.2) is 24.3 Å². The molecule has 0 heterocycles. The van der Waals surface area contributed by atoms with Gasteiger partial charge in [0.2, 0.25) is 0 Å². The van der Waals surface area contributed by atoms with Crippen LogP contribution in [0, 0.1) is 0 Å². The number of benzene rings is 1. The molecule has 0 aliphatic rings. The van der Waals surface area contributed by atoms with E-state index in [0.717, 1.165) is 5.75 Å². The molecule has 0 radical (unpaired) electrons. The Balaban J connectivity index is 2.96. The van der Waals surface area contributed by atoms with Crippen molar-refractivity contribution in [2.24, 2.45) is 0 Å². The third kappa shape index (κ3) is 1.77. The average molecular weight is 165 g/mol. The monoisotopic (exact) mass is 165 g/mol. The molecule has 0 saturated heterocycles. The lowest BCUT2D eigenvalue weighted by atomic mass is 10.1. The molecule has 12 heavy (non-hydrogen) atoms. The van der Waals surface area contributed by atoms with Crippen molar-refractivity contribution in [1.82, 2.24) is 5.32 Å². The van der Waals surface area contributed by atoms with Gasteiger partial charge in [-0.25, -0.2) is 0 Å². The molecule has 1 aromatic carbocycles. The van der Waals surface area contributed by atoms with Gasteiger partial charge in [0.15, 0.2) is 0 Å². The maximum Gasteiger partial charge on any atom is 0.123 e. The van der Waals surface area contributed by atoms with Crippen molar-refractivity contribution in [3.05, 3.63) is 29.8 Å². The van der Waals surface area contributed by atoms with Gasteiger partial charge in [-0.2, -0.15) is 0 Å². The Hall–Kier alpha value is -1.02. The first-order valence-corrected chi connectivity index (χ1v) is 4.09. The van der Waals surface area contributed by atoms with Crippen LogP contribution in [0.1, 0.15) is 18.5 Å². The molecule has 1 N–H and O–H groups in total. The molecule has 0 saturated carbocycles. The van der Waals surface area contributed by atoms with Gasteiger partial charge in [-0.3, -0.25) is 0 Å². The third-order valence-corrected chi connectivity index (χ3v) is 2.04. The summed E-state index contributed by atoms with van der Waals surface area (Å²) in [5, 5.41) is 3.18. The first-order chi connectivity index (χ1) is 5.79. The molecule has 1 atom stereocenters. The van der Waals surface area contributed by atoms with Crippen molar-refractivity contribution in [3.8, 4) is 5.75 Å². The highest BCUT2D eigenvalue weighted by atomic mass is 16.5. The van der Waals surface area contributed by atoms with Gasteiger partial charge in [0, 0.05) is 11.6 Å². The maximum atomic E-state index is 5.23. The molecule has 1 rings (SSSR count). The summed E-state index contributed by atoms with van der Waals surface area (Å²) in [6.45, 7) is 2.11. The Labute approximate surface area is 73.6 Å². The topological polar surface area (TPSA) is 21.3 Å². The lowest BCUT2D eigenvalue weighted by Gasteiger charge is -2.14. The maximum absolute atomic E-state index is 5.23. The van der Waals surface area contributed by atoms with E-state index in [1.54, 1.807) is 7.11 Å². The lowest BCUT2D eigenvalue weighted by molar-refractivity contribution is 0.404. The predicted octanol–water partition coefficient (Wildman–Crippen LogP) is 1.98. The zero-order valence-electron chi connectivity index (χ0n) is 7.79. The molecule has 2 nitrogen and oxygen atoms in total. The van der Waals surface area contributed by atoms with E-state index >= 15 is 0 Å². The molecule has 0 aromatic heterocycles. The quantitative estimate of drug-likeness (QED) is 0.739. The van der Waals surface area contributed by atoms with Gasteiger partial charge in [0.25, 0.3) is 0 Å². The van der Waals surface area contributed by atoms with E-state index in [2.05, 4.69) is 18.3 Å². The van der Waals surface area contributed by atoms with Crippen molar-refractivity contribution in [3.63, 3.8) is 0 Å². The number of hydrogen-bond acceptors (Lipinski definition) is 2. The Bertz CT molecular complexity index is 247. The van der Waals surface area contributed by atoms with E-state index in [1.807, 2.05) is 25.2 Å². The van der Waals surface area contributed by atoms with E-state index in [-0.39, 0.29) is 0 Å². The summed E-state index contributed by atoms with van der Waals surface area (Å²) in [6.07, 6.45) is 0. The molecular weight excluding hydrogens is 150 g/mol. The predicted molar refractivity (Wildman–Crippen MR) is 50.5 cm³/mol. The van der Waals surface area contributed by atoms with Gasteiger partial charge in [-0.05, 0) is 20.0 Å². The molecule has 0 unspecified atom stereocenters. The van der Waals surface area contributed by atoms with Gasteiger partial charge in [-0.1, -0.05) is 18.2 Å². The van der Waals surface area contributed by atoms with Crippen LogP contribution in [-0.2, 0) is 0 Å². The normalized spacial score (nSPS) is 12.6. The van der Waals surface area contributed by atoms with Crippen LogP contribution in [0.3, 0.4) is 0 Å². The fraction of sp³-hybridized carbons (Fsp3) is 0.400. The van der Waals surface area contributed by atoms with Gasteiger partial charge in [0.1, 0.15) is 5.75 Å². The minimum atomic E-state index is 0.334. The second-order valence-electron chi connectivity index (χ2n) is 2.75. The molecular formula is C10H15NO. The van der Waals surface area contributed by atoms with Crippen molar-refractivity contribution in [2.45, 2.75) is 13.0 Å². The Kier molecular flexibility index (Phi) is 3.11. The van der Waals surface area contributed by atoms with E-state index < -0.39 is 0 Å². The van der Waals surface area contributed by atoms with E-state index in [9.17, 15) is 0 Å². The second-order valence-corrected chi connectivity index (χ2v) is 2.75. The molecule has 0 spiro atoms. The average Bonchev–Trinajstić information content (AvgIpc) is 2.16. The Morgan fingerprint density at radius 2 is 2.00 bits per heavy atom. The van der Waals surface area contributed by atoms with Gasteiger partial charge < -0.3 is 10.1 Å². The van der Waals surface area contributed by atoms with Crippen LogP contribution >= 0.6 is 0 Å². The number of rotatable bonds is 3. The zero-order valence-corrected chi connectivity index (χ0v) is 7.79. The number of hydrogen-bond donors (Lipinski definition) is 1. The van der Waals surface area contributed by atoms with Gasteiger partial charge in [-0.15, -0.1) is 0 Å². The van der Waals surface area contributed by atoms with Crippen molar-refractivity contribution < 1.29 is 4.74 Å². The molecule has 0 aliphatic heterocycles. The SMILES string of the molecule is CN[C@@H](C)c1ccccc1OC. The summed E-state index contributed by atoms with van der Waals surface area (Å²) in [5.41, 5.74) is 1.20. The Morgan fingerprint density at radius 1 is 1.33 bits per heavy atom. The molecule has 2 heteroatoms. The van der Waals surface area contributed by atoms with Gasteiger partial charge >= 0.3 is 0 Å². The molecule has 0 fully saturated rings. The van der Waals surface area contributed by atoms with Crippen molar-refractivity contribution >= 4 is 0 Å². The van der Waals surface area contributed by atoms with Crippen LogP contribution in [0.25, 0.3) is 0 Å². The van der Waals surface area contributed by atoms with Crippen LogP contribution in [0.2, 0.25) is 0 Å². The van der Waals surface area contributed by atoms with Crippen molar-refractivity contribution in [2.75, 3.05) is 14.2 Å². The van der Waals surface area contributed by atoms with Crippen molar-refractivity contribution in [1.29, 1.82) is 0 Å². The first kappa shape index (κ1) is 9.07. The van der Waals surface area contributed by atoms with E-state index in [1.165, 1.54) is 5.56 Å². The molecule has 66 valence electrons. The van der Waals surface area contributed by atoms with Crippen LogP contribution in [0.5, 0.6) is 5.75 Å². The number of para-hydroxylation sites is 1. The number of ether oxygens (including phenoxy) is 1. The summed E-state index contributed by atoms with van der Waals surface area (Å²) in [6, 6.07) is 8.38. The summed E-state index contributed by atoms with van der Waals surface area (Å²) >= 11 is 0. The van der Waals surface area contributed by atoms with Crippen LogP contribution in [0.4, 0.5) is 0 Å². The zero-order chi connectivity index (χ0) is 8.97. The molecule has 0 aliphatic carbocycles. The largest absolute Gasteiger partial charge is 0.496 e. The number of methoxy groups -OCH3 is 1. The first-order valence-electron chi connectivity index (χ1n) is 4.09. The highest BCUT2D eigenvalue weighted by Crippen LogP contribution is 2.23. The smallest absolute Gasteiger partial charge is 0.123 e. The molecule has 0 bridgehead atoms. The van der Waals surface area contributed by atoms with Gasteiger partial charge in [0.05, 0.1) is 7.11 Å². The minimum Gasteiger partial charge on any atom is -0.496 e. The second kappa shape index (κ2) is 4.12. The lowest BCUT2D eigenvalue weighted by Crippen LogP contribution is -2.13. The minimum absolute atomic E-state index is 0.334. The summed E-state index contributed by atoms with van der Waals surface area (Å²) < 4.78 is 5.23. The standard InChI is InChI=1S/C10H15NO/c1-8(11-2)9-6-4-5-7-10(9)12-3/h4-8,11H,1-3H3/t8-/m0/s1. The van der Waals surface area contributed by atoms with Crippen LogP contribution in [-0.4, -0.2) is 14.2 Å². The fourth-order valence-corrected chi connectivity index (χ4v) is 1.18.